The third kappa shape index (κ3) is 1.29. The summed E-state index contributed by atoms with van der Waals surface area (Å²) in [7, 11) is 0. The van der Waals surface area contributed by atoms with Crippen molar-refractivity contribution in [3.63, 3.8) is 0 Å². The Hall–Kier alpha value is -1.39. The summed E-state index contributed by atoms with van der Waals surface area (Å²) in [5.41, 5.74) is 1.68. The average Bonchev–Trinajstić information content (AvgIpc) is 2.59. The zero-order chi connectivity index (χ0) is 10.1. The number of aromatic nitrogens is 3. The van der Waals surface area contributed by atoms with Crippen LogP contribution in [0.25, 0.3) is 0 Å². The number of carboxylic acid groups (broad SMARTS) is 1. The molecule has 0 aliphatic heterocycles. The smallest absolute Gasteiger partial charge is 0.312 e. The molecule has 1 aliphatic carbocycles. The highest BCUT2D eigenvalue weighted by atomic mass is 16.4. The van der Waals surface area contributed by atoms with Gasteiger partial charge < -0.3 is 5.11 Å². The highest BCUT2D eigenvalue weighted by Gasteiger charge is 2.30. The number of fused-ring (bicyclic) bond motifs is 1. The van der Waals surface area contributed by atoms with Crippen molar-refractivity contribution >= 4 is 5.97 Å². The van der Waals surface area contributed by atoms with Crippen molar-refractivity contribution in [1.29, 1.82) is 0 Å². The second-order valence-corrected chi connectivity index (χ2v) is 3.52. The maximum absolute atomic E-state index is 10.9. The highest BCUT2D eigenvalue weighted by Crippen LogP contribution is 2.29. The van der Waals surface area contributed by atoms with E-state index in [1.54, 1.807) is 4.68 Å². The molecule has 1 atom stereocenters. The Morgan fingerprint density at radius 2 is 2.50 bits per heavy atom. The predicted octanol–water partition coefficient (Wildman–Crippen LogP) is 0.802. The number of carbonyl (C=O) groups is 1. The van der Waals surface area contributed by atoms with E-state index in [1.165, 1.54) is 0 Å². The number of hydrogen-bond donors (Lipinski definition) is 1. The zero-order valence-corrected chi connectivity index (χ0v) is 8.10. The lowest BCUT2D eigenvalue weighted by Crippen LogP contribution is -2.19. The van der Waals surface area contributed by atoms with Crippen molar-refractivity contribution in [1.82, 2.24) is 15.0 Å². The fraction of sp³-hybridized carbons (Fsp3) is 0.667. The molecular formula is C9H13N3O2. The van der Waals surface area contributed by atoms with Crippen molar-refractivity contribution < 1.29 is 9.90 Å². The van der Waals surface area contributed by atoms with Gasteiger partial charge in [0.2, 0.25) is 0 Å². The van der Waals surface area contributed by atoms with Crippen LogP contribution in [0.4, 0.5) is 0 Å². The summed E-state index contributed by atoms with van der Waals surface area (Å²) in [6.07, 6.45) is 2.50. The van der Waals surface area contributed by atoms with Crippen molar-refractivity contribution in [2.24, 2.45) is 0 Å². The van der Waals surface area contributed by atoms with E-state index in [0.717, 1.165) is 25.1 Å². The second-order valence-electron chi connectivity index (χ2n) is 3.52. The van der Waals surface area contributed by atoms with Crippen LogP contribution in [0.15, 0.2) is 0 Å². The molecule has 0 amide bonds. The van der Waals surface area contributed by atoms with Gasteiger partial charge in [0.1, 0.15) is 11.6 Å². The van der Waals surface area contributed by atoms with E-state index in [2.05, 4.69) is 10.3 Å². The molecule has 14 heavy (non-hydrogen) atoms. The highest BCUT2D eigenvalue weighted by molar-refractivity contribution is 5.76. The normalized spacial score (nSPS) is 20.5. The molecule has 0 fully saturated rings. The van der Waals surface area contributed by atoms with Crippen LogP contribution in [0, 0.1) is 0 Å². The van der Waals surface area contributed by atoms with Gasteiger partial charge in [-0.05, 0) is 26.2 Å². The Morgan fingerprint density at radius 3 is 3.14 bits per heavy atom. The lowest BCUT2D eigenvalue weighted by molar-refractivity contribution is -0.139. The summed E-state index contributed by atoms with van der Waals surface area (Å²) >= 11 is 0. The first-order valence-corrected chi connectivity index (χ1v) is 4.89. The predicted molar refractivity (Wildman–Crippen MR) is 49.0 cm³/mol. The van der Waals surface area contributed by atoms with Gasteiger partial charge in [-0.1, -0.05) is 5.21 Å². The molecule has 1 N–H and O–H groups in total. The summed E-state index contributed by atoms with van der Waals surface area (Å²) < 4.78 is 1.80. The molecule has 5 heteroatoms. The van der Waals surface area contributed by atoms with Crippen molar-refractivity contribution in [2.45, 2.75) is 38.6 Å². The molecule has 1 aromatic heterocycles. The summed E-state index contributed by atoms with van der Waals surface area (Å²) in [5, 5.41) is 16.9. The minimum absolute atomic E-state index is 0.445. The van der Waals surface area contributed by atoms with Crippen LogP contribution in [0.5, 0.6) is 0 Å². The molecule has 1 heterocycles. The molecule has 1 aliphatic rings. The SMILES string of the molecule is CCn1nnc2c1CCCC2C(=O)O. The van der Waals surface area contributed by atoms with Gasteiger partial charge in [0.25, 0.3) is 0 Å². The van der Waals surface area contributed by atoms with Gasteiger partial charge in [0.15, 0.2) is 0 Å². The number of carboxylic acids is 1. The fourth-order valence-corrected chi connectivity index (χ4v) is 1.98. The molecule has 0 saturated heterocycles. The van der Waals surface area contributed by atoms with Crippen LogP contribution in [0.3, 0.4) is 0 Å². The summed E-state index contributed by atoms with van der Waals surface area (Å²) in [4.78, 5) is 10.9. The first-order valence-electron chi connectivity index (χ1n) is 4.89. The third-order valence-electron chi connectivity index (χ3n) is 2.70. The molecule has 0 bridgehead atoms. The number of aryl methyl sites for hydroxylation is 1. The molecule has 0 aromatic carbocycles. The van der Waals surface area contributed by atoms with Crippen molar-refractivity contribution in [3.8, 4) is 0 Å². The Bertz CT molecular complexity index is 359. The maximum atomic E-state index is 10.9. The zero-order valence-electron chi connectivity index (χ0n) is 8.10. The Labute approximate surface area is 81.7 Å². The first kappa shape index (κ1) is 9.18. The molecule has 0 spiro atoms. The monoisotopic (exact) mass is 195 g/mol. The van der Waals surface area contributed by atoms with Gasteiger partial charge in [-0.2, -0.15) is 0 Å². The van der Waals surface area contributed by atoms with Crippen LogP contribution >= 0.6 is 0 Å². The van der Waals surface area contributed by atoms with Gasteiger partial charge in [-0.15, -0.1) is 5.10 Å². The number of hydrogen-bond acceptors (Lipinski definition) is 3. The number of nitrogens with zero attached hydrogens (tertiary/aromatic N) is 3. The lowest BCUT2D eigenvalue weighted by atomic mass is 9.90. The minimum Gasteiger partial charge on any atom is -0.481 e. The molecule has 0 saturated carbocycles. The number of rotatable bonds is 2. The Morgan fingerprint density at radius 1 is 1.71 bits per heavy atom. The first-order chi connectivity index (χ1) is 6.74. The largest absolute Gasteiger partial charge is 0.481 e. The van der Waals surface area contributed by atoms with E-state index in [9.17, 15) is 4.79 Å². The minimum atomic E-state index is -0.783. The van der Waals surface area contributed by atoms with Gasteiger partial charge in [0.05, 0.1) is 5.69 Å². The third-order valence-corrected chi connectivity index (χ3v) is 2.70. The Balaban J connectivity index is 2.40. The fourth-order valence-electron chi connectivity index (χ4n) is 1.98. The van der Waals surface area contributed by atoms with E-state index in [-0.39, 0.29) is 0 Å². The van der Waals surface area contributed by atoms with Gasteiger partial charge in [-0.25, -0.2) is 4.68 Å². The van der Waals surface area contributed by atoms with Gasteiger partial charge in [0, 0.05) is 6.54 Å². The van der Waals surface area contributed by atoms with Crippen molar-refractivity contribution in [3.05, 3.63) is 11.4 Å². The summed E-state index contributed by atoms with van der Waals surface area (Å²) in [5.74, 6) is -1.23. The molecule has 76 valence electrons. The topological polar surface area (TPSA) is 68.0 Å². The van der Waals surface area contributed by atoms with Crippen molar-refractivity contribution in [2.75, 3.05) is 0 Å². The maximum Gasteiger partial charge on any atom is 0.312 e. The van der Waals surface area contributed by atoms with Crippen LogP contribution in [0.1, 0.15) is 37.1 Å². The van der Waals surface area contributed by atoms with Crippen LogP contribution in [0.2, 0.25) is 0 Å². The number of aliphatic carboxylic acids is 1. The lowest BCUT2D eigenvalue weighted by Gasteiger charge is -2.17. The summed E-state index contributed by atoms with van der Waals surface area (Å²) in [6.45, 7) is 2.74. The van der Waals surface area contributed by atoms with E-state index in [4.69, 9.17) is 5.11 Å². The van der Waals surface area contributed by atoms with Gasteiger partial charge >= 0.3 is 5.97 Å². The molecule has 2 rings (SSSR count). The van der Waals surface area contributed by atoms with Crippen LogP contribution in [-0.2, 0) is 17.8 Å². The van der Waals surface area contributed by atoms with E-state index in [1.807, 2.05) is 6.92 Å². The molecule has 1 unspecified atom stereocenters. The molecule has 1 aromatic rings. The quantitative estimate of drug-likeness (QED) is 0.758. The summed E-state index contributed by atoms with van der Waals surface area (Å²) in [6, 6.07) is 0. The van der Waals surface area contributed by atoms with E-state index in [0.29, 0.717) is 12.1 Å². The average molecular weight is 195 g/mol. The van der Waals surface area contributed by atoms with E-state index < -0.39 is 11.9 Å². The van der Waals surface area contributed by atoms with Crippen LogP contribution in [-0.4, -0.2) is 26.1 Å². The Kier molecular flexibility index (Phi) is 2.23. The molecule has 0 radical (unpaired) electrons. The van der Waals surface area contributed by atoms with Gasteiger partial charge in [-0.3, -0.25) is 4.79 Å². The standard InChI is InChI=1S/C9H13N3O2/c1-2-12-7-5-3-4-6(9(13)14)8(7)10-11-12/h6H,2-5H2,1H3,(H,13,14). The molecule has 5 nitrogen and oxygen atoms in total. The molecular weight excluding hydrogens is 182 g/mol. The second kappa shape index (κ2) is 3.40. The van der Waals surface area contributed by atoms with E-state index >= 15 is 0 Å². The van der Waals surface area contributed by atoms with Crippen LogP contribution < -0.4 is 0 Å².